The Balaban J connectivity index is 1.77. The zero-order chi connectivity index (χ0) is 8.44. The van der Waals surface area contributed by atoms with E-state index in [1.54, 1.807) is 0 Å². The molecule has 1 aliphatic heterocycles. The molecular formula is C10H19NS. The average molecular weight is 185 g/mol. The summed E-state index contributed by atoms with van der Waals surface area (Å²) in [5, 5.41) is 0. The highest BCUT2D eigenvalue weighted by atomic mass is 32.1. The largest absolute Gasteiger partial charge is 0.303 e. The molecule has 0 spiro atoms. The van der Waals surface area contributed by atoms with Gasteiger partial charge < -0.3 is 4.90 Å². The highest BCUT2D eigenvalue weighted by molar-refractivity contribution is 7.80. The molecule has 1 saturated heterocycles. The van der Waals surface area contributed by atoms with Crippen molar-refractivity contribution in [2.75, 3.05) is 25.4 Å². The van der Waals surface area contributed by atoms with Gasteiger partial charge in [0.25, 0.3) is 0 Å². The summed E-state index contributed by atoms with van der Waals surface area (Å²) in [4.78, 5) is 2.65. The van der Waals surface area contributed by atoms with Gasteiger partial charge >= 0.3 is 0 Å². The summed E-state index contributed by atoms with van der Waals surface area (Å²) >= 11 is 4.44. The van der Waals surface area contributed by atoms with Crippen LogP contribution in [-0.2, 0) is 0 Å². The van der Waals surface area contributed by atoms with E-state index in [2.05, 4.69) is 17.5 Å². The second-order valence-corrected chi connectivity index (χ2v) is 4.81. The Morgan fingerprint density at radius 3 is 2.25 bits per heavy atom. The van der Waals surface area contributed by atoms with Gasteiger partial charge in [0.15, 0.2) is 0 Å². The maximum atomic E-state index is 4.44. The molecule has 0 unspecified atom stereocenters. The summed E-state index contributed by atoms with van der Waals surface area (Å²) in [5.74, 6) is 1.10. The van der Waals surface area contributed by atoms with Crippen molar-refractivity contribution in [2.45, 2.75) is 32.1 Å². The predicted octanol–water partition coefficient (Wildman–Crippen LogP) is 2.18. The molecule has 0 radical (unpaired) electrons. The predicted molar refractivity (Wildman–Crippen MR) is 55.8 cm³/mol. The van der Waals surface area contributed by atoms with Crippen molar-refractivity contribution in [1.29, 1.82) is 0 Å². The lowest BCUT2D eigenvalue weighted by Gasteiger charge is -2.29. The molecule has 1 heterocycles. The standard InChI is InChI=1S/C10H19NS/c12-9-10(4-5-10)8-11-6-2-1-3-7-11/h12H,1-9H2. The number of hydrogen-bond acceptors (Lipinski definition) is 2. The first kappa shape index (κ1) is 8.89. The number of rotatable bonds is 3. The van der Waals surface area contributed by atoms with E-state index < -0.39 is 0 Å². The first-order chi connectivity index (χ1) is 5.85. The minimum Gasteiger partial charge on any atom is -0.303 e. The number of nitrogens with zero attached hydrogens (tertiary/aromatic N) is 1. The van der Waals surface area contributed by atoms with Crippen molar-refractivity contribution >= 4 is 12.6 Å². The molecule has 2 rings (SSSR count). The second-order valence-electron chi connectivity index (χ2n) is 4.49. The molecule has 1 aliphatic carbocycles. The van der Waals surface area contributed by atoms with E-state index in [0.717, 1.165) is 5.75 Å². The normalized spacial score (nSPS) is 28.8. The van der Waals surface area contributed by atoms with Crippen molar-refractivity contribution in [3.8, 4) is 0 Å². The van der Waals surface area contributed by atoms with Crippen molar-refractivity contribution in [1.82, 2.24) is 4.90 Å². The fourth-order valence-corrected chi connectivity index (χ4v) is 2.55. The van der Waals surface area contributed by atoms with Gasteiger partial charge in [0, 0.05) is 6.54 Å². The average Bonchev–Trinajstić information content (AvgIpc) is 2.88. The van der Waals surface area contributed by atoms with Crippen molar-refractivity contribution in [3.05, 3.63) is 0 Å². The van der Waals surface area contributed by atoms with E-state index in [0.29, 0.717) is 5.41 Å². The van der Waals surface area contributed by atoms with Gasteiger partial charge in [-0.25, -0.2) is 0 Å². The Morgan fingerprint density at radius 1 is 1.08 bits per heavy atom. The number of hydrogen-bond donors (Lipinski definition) is 1. The summed E-state index contributed by atoms with van der Waals surface area (Å²) in [7, 11) is 0. The van der Waals surface area contributed by atoms with Crippen LogP contribution in [0.1, 0.15) is 32.1 Å². The molecule has 0 aromatic heterocycles. The lowest BCUT2D eigenvalue weighted by atomic mass is 10.1. The minimum absolute atomic E-state index is 0.639. The summed E-state index contributed by atoms with van der Waals surface area (Å²) in [6, 6.07) is 0. The minimum atomic E-state index is 0.639. The van der Waals surface area contributed by atoms with E-state index in [1.165, 1.54) is 51.7 Å². The molecule has 0 aromatic carbocycles. The monoisotopic (exact) mass is 185 g/mol. The highest BCUT2D eigenvalue weighted by Gasteiger charge is 2.42. The van der Waals surface area contributed by atoms with E-state index in [9.17, 15) is 0 Å². The smallest absolute Gasteiger partial charge is 0.00458 e. The maximum Gasteiger partial charge on any atom is 0.00458 e. The van der Waals surface area contributed by atoms with Crippen molar-refractivity contribution < 1.29 is 0 Å². The van der Waals surface area contributed by atoms with E-state index in [-0.39, 0.29) is 0 Å². The molecule has 2 aliphatic rings. The number of likely N-dealkylation sites (tertiary alicyclic amines) is 1. The fraction of sp³-hybridized carbons (Fsp3) is 1.00. The first-order valence-electron chi connectivity index (χ1n) is 5.18. The summed E-state index contributed by atoms with van der Waals surface area (Å²) < 4.78 is 0. The van der Waals surface area contributed by atoms with E-state index >= 15 is 0 Å². The Morgan fingerprint density at radius 2 is 1.75 bits per heavy atom. The second kappa shape index (κ2) is 3.59. The highest BCUT2D eigenvalue weighted by Crippen LogP contribution is 2.47. The van der Waals surface area contributed by atoms with Gasteiger partial charge in [0.05, 0.1) is 0 Å². The molecule has 0 N–H and O–H groups in total. The van der Waals surface area contributed by atoms with Crippen LogP contribution >= 0.6 is 12.6 Å². The molecule has 1 nitrogen and oxygen atoms in total. The van der Waals surface area contributed by atoms with Gasteiger partial charge in [-0.05, 0) is 49.9 Å². The maximum absolute atomic E-state index is 4.44. The molecule has 1 saturated carbocycles. The third-order valence-corrected chi connectivity index (χ3v) is 3.97. The zero-order valence-corrected chi connectivity index (χ0v) is 8.65. The fourth-order valence-electron chi connectivity index (χ4n) is 2.13. The Hall–Kier alpha value is 0.310. The van der Waals surface area contributed by atoms with Crippen LogP contribution in [0.2, 0.25) is 0 Å². The van der Waals surface area contributed by atoms with Crippen molar-refractivity contribution in [2.24, 2.45) is 5.41 Å². The topological polar surface area (TPSA) is 3.24 Å². The lowest BCUT2D eigenvalue weighted by molar-refractivity contribution is 0.195. The van der Waals surface area contributed by atoms with Crippen molar-refractivity contribution in [3.63, 3.8) is 0 Å². The third-order valence-electron chi connectivity index (χ3n) is 3.30. The molecule has 0 amide bonds. The quantitative estimate of drug-likeness (QED) is 0.660. The van der Waals surface area contributed by atoms with Crippen LogP contribution in [0.4, 0.5) is 0 Å². The summed E-state index contributed by atoms with van der Waals surface area (Å²) in [6.45, 7) is 4.02. The van der Waals surface area contributed by atoms with E-state index in [4.69, 9.17) is 0 Å². The van der Waals surface area contributed by atoms with Crippen LogP contribution in [0.5, 0.6) is 0 Å². The molecule has 2 fully saturated rings. The molecule has 2 heteroatoms. The van der Waals surface area contributed by atoms with Crippen LogP contribution in [0, 0.1) is 5.41 Å². The van der Waals surface area contributed by atoms with E-state index in [1.807, 2.05) is 0 Å². The Kier molecular flexibility index (Phi) is 2.66. The van der Waals surface area contributed by atoms with Gasteiger partial charge in [0.1, 0.15) is 0 Å². The van der Waals surface area contributed by atoms with Gasteiger partial charge in [0.2, 0.25) is 0 Å². The van der Waals surface area contributed by atoms with Crippen LogP contribution in [0.25, 0.3) is 0 Å². The molecular weight excluding hydrogens is 166 g/mol. The summed E-state index contributed by atoms with van der Waals surface area (Å²) in [5.41, 5.74) is 0.639. The molecule has 70 valence electrons. The number of piperidine rings is 1. The van der Waals surface area contributed by atoms with Crippen LogP contribution in [0.15, 0.2) is 0 Å². The van der Waals surface area contributed by atoms with Gasteiger partial charge in [-0.15, -0.1) is 0 Å². The van der Waals surface area contributed by atoms with Gasteiger partial charge in [-0.3, -0.25) is 0 Å². The van der Waals surface area contributed by atoms with Gasteiger partial charge in [-0.2, -0.15) is 12.6 Å². The first-order valence-corrected chi connectivity index (χ1v) is 5.81. The molecule has 0 bridgehead atoms. The number of thiol groups is 1. The lowest BCUT2D eigenvalue weighted by Crippen LogP contribution is -2.35. The summed E-state index contributed by atoms with van der Waals surface area (Å²) in [6.07, 6.45) is 7.13. The SMILES string of the molecule is SCC1(CN2CCCCC2)CC1. The van der Waals surface area contributed by atoms with Crippen LogP contribution in [-0.4, -0.2) is 30.3 Å². The zero-order valence-electron chi connectivity index (χ0n) is 7.76. The van der Waals surface area contributed by atoms with Gasteiger partial charge in [-0.1, -0.05) is 6.42 Å². The Bertz CT molecular complexity index is 148. The molecule has 12 heavy (non-hydrogen) atoms. The Labute approximate surface area is 80.9 Å². The van der Waals surface area contributed by atoms with Crippen LogP contribution < -0.4 is 0 Å². The van der Waals surface area contributed by atoms with Crippen LogP contribution in [0.3, 0.4) is 0 Å². The molecule has 0 aromatic rings. The molecule has 0 atom stereocenters. The third kappa shape index (κ3) is 1.97.